The van der Waals surface area contributed by atoms with E-state index in [-0.39, 0.29) is 5.91 Å². The van der Waals surface area contributed by atoms with Crippen molar-refractivity contribution in [2.45, 2.75) is 13.3 Å². The van der Waals surface area contributed by atoms with Gasteiger partial charge in [0.1, 0.15) is 10.8 Å². The maximum absolute atomic E-state index is 12.8. The van der Waals surface area contributed by atoms with E-state index in [0.29, 0.717) is 22.0 Å². The van der Waals surface area contributed by atoms with E-state index in [0.717, 1.165) is 31.3 Å². The second-order valence-corrected chi connectivity index (χ2v) is 8.67. The third-order valence-corrected chi connectivity index (χ3v) is 6.19. The average molecular weight is 540 g/mol. The number of nitrogens with zero attached hydrogens (tertiary/aromatic N) is 4. The molecule has 29 heavy (non-hydrogen) atoms. The van der Waals surface area contributed by atoms with Crippen molar-refractivity contribution < 1.29 is 9.53 Å². The molecule has 0 bridgehead atoms. The van der Waals surface area contributed by atoms with Gasteiger partial charge in [-0.2, -0.15) is 9.61 Å². The minimum absolute atomic E-state index is 0.310. The van der Waals surface area contributed by atoms with Gasteiger partial charge in [-0.3, -0.25) is 4.79 Å². The first kappa shape index (κ1) is 20.0. The molecular weight excluding hydrogens is 525 g/mol. The summed E-state index contributed by atoms with van der Waals surface area (Å²) in [4.78, 5) is 13.5. The zero-order valence-corrected chi connectivity index (χ0v) is 19.2. The van der Waals surface area contributed by atoms with Gasteiger partial charge in [-0.1, -0.05) is 29.9 Å². The lowest BCUT2D eigenvalue weighted by atomic mass is 10.1. The number of hydrogen-bond donors (Lipinski definition) is 1. The van der Waals surface area contributed by atoms with Crippen LogP contribution in [-0.2, 0) is 6.42 Å². The second-order valence-electron chi connectivity index (χ2n) is 6.06. The monoisotopic (exact) mass is 539 g/mol. The summed E-state index contributed by atoms with van der Waals surface area (Å²) in [6.45, 7) is 2.01. The predicted octanol–water partition coefficient (Wildman–Crippen LogP) is 4.93. The summed E-state index contributed by atoms with van der Waals surface area (Å²) >= 11 is 9.77. The highest BCUT2D eigenvalue weighted by Crippen LogP contribution is 2.33. The SMILES string of the molecule is CCc1nnc2sc(-c3ccc(OC)c(NC(=O)c4cc(I)ccc4Cl)c3)nn12. The lowest BCUT2D eigenvalue weighted by molar-refractivity contribution is 0.102. The lowest BCUT2D eigenvalue weighted by Gasteiger charge is -2.12. The van der Waals surface area contributed by atoms with Crippen LogP contribution in [0.1, 0.15) is 23.1 Å². The van der Waals surface area contributed by atoms with E-state index in [2.05, 4.69) is 43.2 Å². The van der Waals surface area contributed by atoms with Crippen LogP contribution in [0.2, 0.25) is 5.02 Å². The number of fused-ring (bicyclic) bond motifs is 1. The molecule has 4 aromatic rings. The highest BCUT2D eigenvalue weighted by Gasteiger charge is 2.17. The van der Waals surface area contributed by atoms with Crippen molar-refractivity contribution in [1.82, 2.24) is 19.8 Å². The fourth-order valence-corrected chi connectivity index (χ4v) is 4.34. The van der Waals surface area contributed by atoms with Crippen molar-refractivity contribution in [2.24, 2.45) is 0 Å². The number of carbonyl (C=O) groups is 1. The highest BCUT2D eigenvalue weighted by molar-refractivity contribution is 14.1. The third kappa shape index (κ3) is 3.94. The van der Waals surface area contributed by atoms with Gasteiger partial charge in [-0.25, -0.2) is 0 Å². The van der Waals surface area contributed by atoms with Gasteiger partial charge in [-0.15, -0.1) is 10.2 Å². The zero-order chi connectivity index (χ0) is 20.5. The molecule has 2 aromatic carbocycles. The number of benzene rings is 2. The molecule has 0 unspecified atom stereocenters. The molecule has 0 aliphatic carbocycles. The van der Waals surface area contributed by atoms with Gasteiger partial charge in [0.2, 0.25) is 4.96 Å². The van der Waals surface area contributed by atoms with E-state index < -0.39 is 0 Å². The number of carbonyl (C=O) groups excluding carboxylic acids is 1. The van der Waals surface area contributed by atoms with Crippen LogP contribution in [0.5, 0.6) is 5.75 Å². The summed E-state index contributed by atoms with van der Waals surface area (Å²) in [5.41, 5.74) is 1.77. The van der Waals surface area contributed by atoms with Crippen LogP contribution in [0.25, 0.3) is 15.5 Å². The number of aromatic nitrogens is 4. The molecule has 0 aliphatic heterocycles. The molecule has 148 valence electrons. The lowest BCUT2D eigenvalue weighted by Crippen LogP contribution is -2.13. The minimum atomic E-state index is -0.310. The van der Waals surface area contributed by atoms with Crippen LogP contribution >= 0.6 is 45.5 Å². The maximum atomic E-state index is 12.8. The molecular formula is C19H15ClIN5O2S. The van der Waals surface area contributed by atoms with Gasteiger partial charge in [0.05, 0.1) is 23.4 Å². The Morgan fingerprint density at radius 3 is 2.86 bits per heavy atom. The molecule has 1 N–H and O–H groups in total. The van der Waals surface area contributed by atoms with Gasteiger partial charge in [0.15, 0.2) is 5.82 Å². The van der Waals surface area contributed by atoms with Gasteiger partial charge in [0.25, 0.3) is 5.91 Å². The Morgan fingerprint density at radius 2 is 2.10 bits per heavy atom. The fraction of sp³-hybridized carbons (Fsp3) is 0.158. The van der Waals surface area contributed by atoms with Gasteiger partial charge < -0.3 is 10.1 Å². The topological polar surface area (TPSA) is 81.4 Å². The molecule has 7 nitrogen and oxygen atoms in total. The number of aryl methyl sites for hydroxylation is 1. The number of anilines is 1. The smallest absolute Gasteiger partial charge is 0.257 e. The number of ether oxygens (including phenoxy) is 1. The quantitative estimate of drug-likeness (QED) is 0.364. The Bertz CT molecular complexity index is 1220. The molecule has 4 rings (SSSR count). The summed E-state index contributed by atoms with van der Waals surface area (Å²) in [5, 5.41) is 16.9. The first-order valence-electron chi connectivity index (χ1n) is 8.66. The summed E-state index contributed by atoms with van der Waals surface area (Å²) in [7, 11) is 1.56. The van der Waals surface area contributed by atoms with Crippen LogP contribution in [0.15, 0.2) is 36.4 Å². The number of rotatable bonds is 5. The molecule has 2 heterocycles. The van der Waals surface area contributed by atoms with Gasteiger partial charge in [0, 0.05) is 15.6 Å². The molecule has 0 spiro atoms. The van der Waals surface area contributed by atoms with Crippen LogP contribution in [-0.4, -0.2) is 32.8 Å². The van der Waals surface area contributed by atoms with E-state index in [1.807, 2.05) is 25.1 Å². The summed E-state index contributed by atoms with van der Waals surface area (Å²) < 4.78 is 8.08. The molecule has 2 aromatic heterocycles. The first-order valence-corrected chi connectivity index (χ1v) is 10.9. The van der Waals surface area contributed by atoms with Crippen LogP contribution in [0, 0.1) is 3.57 Å². The van der Waals surface area contributed by atoms with Crippen LogP contribution in [0.4, 0.5) is 5.69 Å². The molecule has 0 saturated carbocycles. The average Bonchev–Trinajstić information content (AvgIpc) is 3.30. The normalized spacial score (nSPS) is 11.0. The largest absolute Gasteiger partial charge is 0.495 e. The van der Waals surface area contributed by atoms with E-state index in [1.165, 1.54) is 11.3 Å². The maximum Gasteiger partial charge on any atom is 0.257 e. The van der Waals surface area contributed by atoms with Crippen molar-refractivity contribution >= 4 is 62.1 Å². The van der Waals surface area contributed by atoms with Crippen LogP contribution < -0.4 is 10.1 Å². The zero-order valence-electron chi connectivity index (χ0n) is 15.4. The Kier molecular flexibility index (Phi) is 5.70. The Balaban J connectivity index is 1.70. The summed E-state index contributed by atoms with van der Waals surface area (Å²) in [6.07, 6.45) is 0.741. The number of methoxy groups -OCH3 is 1. The van der Waals surface area contributed by atoms with E-state index in [9.17, 15) is 4.79 Å². The summed E-state index contributed by atoms with van der Waals surface area (Å²) in [5.74, 6) is 1.04. The third-order valence-electron chi connectivity index (χ3n) is 4.24. The molecule has 0 radical (unpaired) electrons. The number of hydrogen-bond acceptors (Lipinski definition) is 6. The number of halogens is 2. The molecule has 0 fully saturated rings. The minimum Gasteiger partial charge on any atom is -0.495 e. The van der Waals surface area contributed by atoms with Crippen molar-refractivity contribution in [3.63, 3.8) is 0 Å². The fourth-order valence-electron chi connectivity index (χ4n) is 2.79. The van der Waals surface area contributed by atoms with Crippen molar-refractivity contribution in [3.05, 3.63) is 56.4 Å². The Morgan fingerprint density at radius 1 is 1.28 bits per heavy atom. The molecule has 1 amide bonds. The molecule has 0 atom stereocenters. The molecule has 0 aliphatic rings. The van der Waals surface area contributed by atoms with Crippen LogP contribution in [0.3, 0.4) is 0 Å². The Labute approximate surface area is 189 Å². The highest BCUT2D eigenvalue weighted by atomic mass is 127. The number of amides is 1. The van der Waals surface area contributed by atoms with Gasteiger partial charge >= 0.3 is 0 Å². The van der Waals surface area contributed by atoms with E-state index in [4.69, 9.17) is 16.3 Å². The van der Waals surface area contributed by atoms with Gasteiger partial charge in [-0.05, 0) is 59.0 Å². The predicted molar refractivity (Wildman–Crippen MR) is 122 cm³/mol. The van der Waals surface area contributed by atoms with E-state index in [1.54, 1.807) is 29.8 Å². The molecule has 10 heteroatoms. The second kappa shape index (κ2) is 8.25. The van der Waals surface area contributed by atoms with Crippen molar-refractivity contribution in [3.8, 4) is 16.3 Å². The first-order chi connectivity index (χ1) is 14.0. The van der Waals surface area contributed by atoms with Crippen molar-refractivity contribution in [2.75, 3.05) is 12.4 Å². The number of nitrogens with one attached hydrogen (secondary N) is 1. The summed E-state index contributed by atoms with van der Waals surface area (Å²) in [6, 6.07) is 10.8. The molecule has 0 saturated heterocycles. The van der Waals surface area contributed by atoms with Crippen molar-refractivity contribution in [1.29, 1.82) is 0 Å². The Hall–Kier alpha value is -2.24. The standard InChI is InChI=1S/C19H15ClIN5O2S/c1-3-16-23-24-19-26(16)25-18(29-19)10-4-7-15(28-2)14(8-10)22-17(27)12-9-11(21)5-6-13(12)20/h4-9H,3H2,1-2H3,(H,22,27). The van der Waals surface area contributed by atoms with E-state index >= 15 is 0 Å².